The molecule has 2 N–H and O–H groups in total. The van der Waals surface area contributed by atoms with Crippen LogP contribution in [0.15, 0.2) is 41.3 Å². The van der Waals surface area contributed by atoms with Crippen molar-refractivity contribution < 1.29 is 17.9 Å². The molecule has 0 saturated heterocycles. The van der Waals surface area contributed by atoms with Gasteiger partial charge >= 0.3 is 0 Å². The predicted molar refractivity (Wildman–Crippen MR) is 98.8 cm³/mol. The standard InChI is InChI=1S/C18H21N3O4S/c1-3-4-7-16-18(22)20-14-11-13(9-10-15(14)25-16)26(23,24)21-17-8-5-6-12(2)19-17/h5-6,8-11,16H,3-4,7H2,1-2H3,(H,19,21)(H,20,22)/t16-/m1/s1. The number of aryl methyl sites for hydroxylation is 1. The Bertz CT molecular complexity index is 928. The molecule has 1 aliphatic heterocycles. The van der Waals surface area contributed by atoms with Crippen LogP contribution in [-0.4, -0.2) is 25.4 Å². The number of unbranched alkanes of at least 4 members (excludes halogenated alkanes) is 1. The van der Waals surface area contributed by atoms with E-state index in [2.05, 4.69) is 15.0 Å². The van der Waals surface area contributed by atoms with Crippen LogP contribution in [0.2, 0.25) is 0 Å². The lowest BCUT2D eigenvalue weighted by atomic mass is 10.1. The monoisotopic (exact) mass is 375 g/mol. The summed E-state index contributed by atoms with van der Waals surface area (Å²) < 4.78 is 33.3. The van der Waals surface area contributed by atoms with Gasteiger partial charge in [0, 0.05) is 5.69 Å². The van der Waals surface area contributed by atoms with Gasteiger partial charge in [0.15, 0.2) is 6.10 Å². The fourth-order valence-electron chi connectivity index (χ4n) is 2.67. The Morgan fingerprint density at radius 1 is 1.27 bits per heavy atom. The number of hydrogen-bond acceptors (Lipinski definition) is 5. The minimum atomic E-state index is -3.83. The molecule has 1 aliphatic rings. The zero-order chi connectivity index (χ0) is 18.7. The first-order valence-corrected chi connectivity index (χ1v) is 9.95. The third-order valence-corrected chi connectivity index (χ3v) is 5.38. The average Bonchev–Trinajstić information content (AvgIpc) is 2.59. The van der Waals surface area contributed by atoms with E-state index in [1.807, 2.05) is 6.92 Å². The van der Waals surface area contributed by atoms with Gasteiger partial charge in [-0.1, -0.05) is 19.4 Å². The Kier molecular flexibility index (Phi) is 5.13. The fourth-order valence-corrected chi connectivity index (χ4v) is 3.70. The van der Waals surface area contributed by atoms with Gasteiger partial charge in [0.05, 0.1) is 10.6 Å². The van der Waals surface area contributed by atoms with Crippen molar-refractivity contribution in [3.8, 4) is 5.75 Å². The fraction of sp³-hybridized carbons (Fsp3) is 0.333. The Hall–Kier alpha value is -2.61. The summed E-state index contributed by atoms with van der Waals surface area (Å²) in [5, 5.41) is 2.73. The molecule has 3 rings (SSSR count). The third kappa shape index (κ3) is 3.96. The number of carbonyl (C=O) groups is 1. The molecular weight excluding hydrogens is 354 g/mol. The van der Waals surface area contributed by atoms with Crippen LogP contribution in [0.25, 0.3) is 0 Å². The molecule has 8 heteroatoms. The molecule has 0 bridgehead atoms. The van der Waals surface area contributed by atoms with E-state index in [0.29, 0.717) is 23.6 Å². The van der Waals surface area contributed by atoms with Gasteiger partial charge in [-0.2, -0.15) is 0 Å². The van der Waals surface area contributed by atoms with Crippen LogP contribution in [0.1, 0.15) is 31.9 Å². The lowest BCUT2D eigenvalue weighted by Crippen LogP contribution is -2.37. The van der Waals surface area contributed by atoms with Crippen molar-refractivity contribution in [2.45, 2.75) is 44.1 Å². The van der Waals surface area contributed by atoms with Crippen LogP contribution in [0.5, 0.6) is 5.75 Å². The zero-order valence-electron chi connectivity index (χ0n) is 14.7. The summed E-state index contributed by atoms with van der Waals surface area (Å²) in [5.41, 5.74) is 1.05. The highest BCUT2D eigenvalue weighted by Gasteiger charge is 2.28. The maximum absolute atomic E-state index is 12.6. The summed E-state index contributed by atoms with van der Waals surface area (Å²) in [5.74, 6) is 0.453. The van der Waals surface area contributed by atoms with E-state index in [9.17, 15) is 13.2 Å². The first kappa shape index (κ1) is 18.2. The number of nitrogens with zero attached hydrogens (tertiary/aromatic N) is 1. The molecule has 1 atom stereocenters. The number of anilines is 2. The highest BCUT2D eigenvalue weighted by atomic mass is 32.2. The van der Waals surface area contributed by atoms with Crippen molar-refractivity contribution in [3.63, 3.8) is 0 Å². The van der Waals surface area contributed by atoms with Crippen LogP contribution < -0.4 is 14.8 Å². The molecule has 0 unspecified atom stereocenters. The summed E-state index contributed by atoms with van der Waals surface area (Å²) >= 11 is 0. The first-order valence-electron chi connectivity index (χ1n) is 8.47. The number of hydrogen-bond donors (Lipinski definition) is 2. The third-order valence-electron chi connectivity index (χ3n) is 4.03. The molecule has 0 radical (unpaired) electrons. The molecule has 1 aromatic carbocycles. The minimum absolute atomic E-state index is 0.0236. The molecule has 1 aromatic heterocycles. The SMILES string of the molecule is CCCC[C@H]1Oc2ccc(S(=O)(=O)Nc3cccc(C)n3)cc2NC1=O. The van der Waals surface area contributed by atoms with Crippen LogP contribution in [0.3, 0.4) is 0 Å². The molecule has 2 aromatic rings. The summed E-state index contributed by atoms with van der Waals surface area (Å²) in [6.45, 7) is 3.82. The highest BCUT2D eigenvalue weighted by molar-refractivity contribution is 7.92. The molecule has 138 valence electrons. The van der Waals surface area contributed by atoms with Gasteiger partial charge < -0.3 is 10.1 Å². The molecule has 0 spiro atoms. The van der Waals surface area contributed by atoms with Gasteiger partial charge in [0.2, 0.25) is 0 Å². The number of sulfonamides is 1. The number of amides is 1. The van der Waals surface area contributed by atoms with Gasteiger partial charge in [-0.15, -0.1) is 0 Å². The number of ether oxygens (including phenoxy) is 1. The van der Waals surface area contributed by atoms with E-state index in [-0.39, 0.29) is 16.6 Å². The summed E-state index contributed by atoms with van der Waals surface area (Å²) in [6.07, 6.45) is 1.94. The second-order valence-corrected chi connectivity index (χ2v) is 7.85. The van der Waals surface area contributed by atoms with Crippen molar-refractivity contribution in [1.82, 2.24) is 4.98 Å². The minimum Gasteiger partial charge on any atom is -0.478 e. The van der Waals surface area contributed by atoms with Crippen LogP contribution in [0.4, 0.5) is 11.5 Å². The van der Waals surface area contributed by atoms with Crippen molar-refractivity contribution in [2.75, 3.05) is 10.0 Å². The summed E-state index contributed by atoms with van der Waals surface area (Å²) in [7, 11) is -3.83. The number of pyridine rings is 1. The molecule has 7 nitrogen and oxygen atoms in total. The van der Waals surface area contributed by atoms with Gasteiger partial charge in [-0.3, -0.25) is 9.52 Å². The topological polar surface area (TPSA) is 97.4 Å². The highest BCUT2D eigenvalue weighted by Crippen LogP contribution is 2.33. The Morgan fingerprint density at radius 2 is 2.08 bits per heavy atom. The lowest BCUT2D eigenvalue weighted by Gasteiger charge is -2.26. The van der Waals surface area contributed by atoms with Crippen molar-refractivity contribution in [1.29, 1.82) is 0 Å². The van der Waals surface area contributed by atoms with Crippen LogP contribution in [-0.2, 0) is 14.8 Å². The number of benzene rings is 1. The first-order chi connectivity index (χ1) is 12.4. The van der Waals surface area contributed by atoms with Crippen molar-refractivity contribution >= 4 is 27.4 Å². The van der Waals surface area contributed by atoms with E-state index in [1.54, 1.807) is 31.2 Å². The number of nitrogens with one attached hydrogen (secondary N) is 2. The largest absolute Gasteiger partial charge is 0.478 e. The summed E-state index contributed by atoms with van der Waals surface area (Å²) in [4.78, 5) is 16.3. The zero-order valence-corrected chi connectivity index (χ0v) is 15.5. The average molecular weight is 375 g/mol. The van der Waals surface area contributed by atoms with Crippen molar-refractivity contribution in [2.24, 2.45) is 0 Å². The Balaban J connectivity index is 1.82. The van der Waals surface area contributed by atoms with Gasteiger partial charge in [0.1, 0.15) is 11.6 Å². The molecule has 26 heavy (non-hydrogen) atoms. The molecule has 1 amide bonds. The number of aromatic nitrogens is 1. The van der Waals surface area contributed by atoms with E-state index in [1.165, 1.54) is 12.1 Å². The van der Waals surface area contributed by atoms with E-state index < -0.39 is 16.1 Å². The number of carbonyl (C=O) groups excluding carboxylic acids is 1. The van der Waals surface area contributed by atoms with Crippen LogP contribution >= 0.6 is 0 Å². The normalized spacial score (nSPS) is 16.4. The summed E-state index contributed by atoms with van der Waals surface area (Å²) in [6, 6.07) is 9.47. The molecule has 0 saturated carbocycles. The maximum Gasteiger partial charge on any atom is 0.265 e. The van der Waals surface area contributed by atoms with E-state index in [4.69, 9.17) is 4.74 Å². The smallest absolute Gasteiger partial charge is 0.265 e. The number of rotatable bonds is 6. The quantitative estimate of drug-likeness (QED) is 0.809. The van der Waals surface area contributed by atoms with E-state index >= 15 is 0 Å². The van der Waals surface area contributed by atoms with Crippen molar-refractivity contribution in [3.05, 3.63) is 42.1 Å². The number of fused-ring (bicyclic) bond motifs is 1. The lowest BCUT2D eigenvalue weighted by molar-refractivity contribution is -0.123. The van der Waals surface area contributed by atoms with Gasteiger partial charge in [0.25, 0.3) is 15.9 Å². The van der Waals surface area contributed by atoms with E-state index in [0.717, 1.165) is 12.8 Å². The predicted octanol–water partition coefficient (Wildman–Crippen LogP) is 3.08. The molecule has 0 aliphatic carbocycles. The second-order valence-electron chi connectivity index (χ2n) is 6.17. The second kappa shape index (κ2) is 7.33. The Labute approximate surface area is 152 Å². The van der Waals surface area contributed by atoms with Crippen LogP contribution in [0, 0.1) is 6.92 Å². The van der Waals surface area contributed by atoms with Gasteiger partial charge in [-0.25, -0.2) is 13.4 Å². The Morgan fingerprint density at radius 3 is 2.81 bits per heavy atom. The molecule has 0 fully saturated rings. The molecular formula is C18H21N3O4S. The maximum atomic E-state index is 12.6. The van der Waals surface area contributed by atoms with Gasteiger partial charge in [-0.05, 0) is 50.1 Å². The molecule has 2 heterocycles.